The van der Waals surface area contributed by atoms with Gasteiger partial charge in [0.15, 0.2) is 5.82 Å². The molecule has 0 aliphatic carbocycles. The number of nitrogens with two attached hydrogens (primary N) is 1. The molecule has 0 spiro atoms. The van der Waals surface area contributed by atoms with Gasteiger partial charge in [-0.15, -0.1) is 0 Å². The van der Waals surface area contributed by atoms with Crippen LogP contribution in [-0.4, -0.2) is 17.1 Å². The highest BCUT2D eigenvalue weighted by Gasteiger charge is 2.12. The lowest BCUT2D eigenvalue weighted by Crippen LogP contribution is -2.13. The topological polar surface area (TPSA) is 62.4 Å². The van der Waals surface area contributed by atoms with Gasteiger partial charge in [-0.3, -0.25) is 0 Å². The molecule has 0 radical (unpaired) electrons. The van der Waals surface area contributed by atoms with E-state index in [2.05, 4.69) is 4.98 Å². The van der Waals surface area contributed by atoms with E-state index in [1.165, 1.54) is 0 Å². The Morgan fingerprint density at radius 1 is 1.39 bits per heavy atom. The van der Waals surface area contributed by atoms with E-state index in [4.69, 9.17) is 17.3 Å². The van der Waals surface area contributed by atoms with Crippen molar-refractivity contribution >= 4 is 23.1 Å². The van der Waals surface area contributed by atoms with Crippen molar-refractivity contribution in [3.8, 4) is 5.75 Å². The van der Waals surface area contributed by atoms with Gasteiger partial charge in [-0.2, -0.15) is 0 Å². The molecular weight excluding hydrogens is 250 g/mol. The molecule has 0 saturated carbocycles. The van der Waals surface area contributed by atoms with Crippen LogP contribution in [0.3, 0.4) is 0 Å². The zero-order valence-corrected chi connectivity index (χ0v) is 10.7. The van der Waals surface area contributed by atoms with Crippen molar-refractivity contribution in [2.45, 2.75) is 6.54 Å². The SMILES string of the molecule is CN(c1cccc(O)c1)c1nccc(CN)c1Cl. The van der Waals surface area contributed by atoms with Gasteiger partial charge < -0.3 is 15.7 Å². The number of halogens is 1. The second kappa shape index (κ2) is 5.25. The molecule has 2 aromatic rings. The Balaban J connectivity index is 2.43. The predicted octanol–water partition coefficient (Wildman–Crippen LogP) is 2.67. The Morgan fingerprint density at radius 2 is 2.17 bits per heavy atom. The van der Waals surface area contributed by atoms with E-state index in [-0.39, 0.29) is 5.75 Å². The van der Waals surface area contributed by atoms with Crippen LogP contribution in [0.15, 0.2) is 36.5 Å². The summed E-state index contributed by atoms with van der Waals surface area (Å²) in [5.41, 5.74) is 7.26. The van der Waals surface area contributed by atoms with Crippen molar-refractivity contribution in [2.75, 3.05) is 11.9 Å². The first-order chi connectivity index (χ1) is 8.63. The number of phenolic OH excluding ortho intramolecular Hbond substituents is 1. The first-order valence-corrected chi connectivity index (χ1v) is 5.87. The van der Waals surface area contributed by atoms with Crippen molar-refractivity contribution in [1.82, 2.24) is 4.98 Å². The number of phenols is 1. The summed E-state index contributed by atoms with van der Waals surface area (Å²) >= 11 is 6.25. The van der Waals surface area contributed by atoms with Gasteiger partial charge in [0.2, 0.25) is 0 Å². The standard InChI is InChI=1S/C13H14ClN3O/c1-17(10-3-2-4-11(18)7-10)13-12(14)9(8-15)5-6-16-13/h2-7,18H,8,15H2,1H3. The van der Waals surface area contributed by atoms with E-state index < -0.39 is 0 Å². The third kappa shape index (κ3) is 2.39. The van der Waals surface area contributed by atoms with Crippen LogP contribution in [0.5, 0.6) is 5.75 Å². The Morgan fingerprint density at radius 3 is 2.83 bits per heavy atom. The molecule has 5 heteroatoms. The van der Waals surface area contributed by atoms with Crippen molar-refractivity contribution in [2.24, 2.45) is 5.73 Å². The Kier molecular flexibility index (Phi) is 3.69. The van der Waals surface area contributed by atoms with Gasteiger partial charge in [0, 0.05) is 31.5 Å². The number of aromatic nitrogens is 1. The van der Waals surface area contributed by atoms with Gasteiger partial charge in [0.1, 0.15) is 5.75 Å². The predicted molar refractivity (Wildman–Crippen MR) is 73.3 cm³/mol. The molecule has 0 amide bonds. The minimum absolute atomic E-state index is 0.199. The first kappa shape index (κ1) is 12.7. The third-order valence-corrected chi connectivity index (χ3v) is 3.12. The largest absolute Gasteiger partial charge is 0.508 e. The lowest BCUT2D eigenvalue weighted by Gasteiger charge is -2.20. The van der Waals surface area contributed by atoms with E-state index in [9.17, 15) is 5.11 Å². The molecule has 0 fully saturated rings. The smallest absolute Gasteiger partial charge is 0.151 e. The van der Waals surface area contributed by atoms with Crippen LogP contribution in [0.25, 0.3) is 0 Å². The van der Waals surface area contributed by atoms with Gasteiger partial charge in [0.25, 0.3) is 0 Å². The van der Waals surface area contributed by atoms with Gasteiger partial charge in [0.05, 0.1) is 5.02 Å². The zero-order chi connectivity index (χ0) is 13.1. The van der Waals surface area contributed by atoms with Crippen LogP contribution in [0.2, 0.25) is 5.02 Å². The summed E-state index contributed by atoms with van der Waals surface area (Å²) in [6.45, 7) is 0.363. The molecule has 18 heavy (non-hydrogen) atoms. The normalized spacial score (nSPS) is 10.4. The molecule has 1 aromatic carbocycles. The summed E-state index contributed by atoms with van der Waals surface area (Å²) in [6, 6.07) is 8.69. The van der Waals surface area contributed by atoms with Crippen molar-refractivity contribution in [3.63, 3.8) is 0 Å². The van der Waals surface area contributed by atoms with E-state index >= 15 is 0 Å². The highest BCUT2D eigenvalue weighted by atomic mass is 35.5. The fourth-order valence-corrected chi connectivity index (χ4v) is 2.00. The van der Waals surface area contributed by atoms with Crippen LogP contribution in [0.4, 0.5) is 11.5 Å². The Bertz CT molecular complexity index is 560. The maximum Gasteiger partial charge on any atom is 0.151 e. The number of benzene rings is 1. The number of anilines is 2. The van der Waals surface area contributed by atoms with Crippen molar-refractivity contribution < 1.29 is 5.11 Å². The molecule has 0 saturated heterocycles. The van der Waals surface area contributed by atoms with Crippen LogP contribution in [0, 0.1) is 0 Å². The average molecular weight is 264 g/mol. The second-order valence-electron chi connectivity index (χ2n) is 3.89. The third-order valence-electron chi connectivity index (χ3n) is 2.71. The molecule has 0 bridgehead atoms. The summed E-state index contributed by atoms with van der Waals surface area (Å²) in [7, 11) is 1.84. The summed E-state index contributed by atoms with van der Waals surface area (Å²) in [5.74, 6) is 0.815. The highest BCUT2D eigenvalue weighted by molar-refractivity contribution is 6.33. The first-order valence-electron chi connectivity index (χ1n) is 5.49. The number of pyridine rings is 1. The van der Waals surface area contributed by atoms with Gasteiger partial charge in [-0.05, 0) is 23.8 Å². The summed E-state index contributed by atoms with van der Waals surface area (Å²) < 4.78 is 0. The molecule has 4 nitrogen and oxygen atoms in total. The van der Waals surface area contributed by atoms with Crippen molar-refractivity contribution in [3.05, 3.63) is 47.1 Å². The van der Waals surface area contributed by atoms with Gasteiger partial charge in [-0.25, -0.2) is 4.98 Å². The number of hydrogen-bond acceptors (Lipinski definition) is 4. The monoisotopic (exact) mass is 263 g/mol. The maximum absolute atomic E-state index is 9.48. The number of nitrogens with zero attached hydrogens (tertiary/aromatic N) is 2. The Hall–Kier alpha value is -1.78. The number of rotatable bonds is 3. The van der Waals surface area contributed by atoms with E-state index in [0.29, 0.717) is 17.4 Å². The minimum Gasteiger partial charge on any atom is -0.508 e. The molecular formula is C13H14ClN3O. The lowest BCUT2D eigenvalue weighted by molar-refractivity contribution is 0.475. The molecule has 0 aliphatic rings. The molecule has 0 unspecified atom stereocenters. The molecule has 3 N–H and O–H groups in total. The highest BCUT2D eigenvalue weighted by Crippen LogP contribution is 2.31. The van der Waals surface area contributed by atoms with Crippen LogP contribution < -0.4 is 10.6 Å². The van der Waals surface area contributed by atoms with E-state index in [1.54, 1.807) is 35.4 Å². The molecule has 0 atom stereocenters. The van der Waals surface area contributed by atoms with Crippen molar-refractivity contribution in [1.29, 1.82) is 0 Å². The van der Waals surface area contributed by atoms with Crippen LogP contribution >= 0.6 is 11.6 Å². The van der Waals surface area contributed by atoms with Crippen LogP contribution in [-0.2, 0) is 6.54 Å². The quantitative estimate of drug-likeness (QED) is 0.894. The molecule has 1 aromatic heterocycles. The fraction of sp³-hybridized carbons (Fsp3) is 0.154. The molecule has 94 valence electrons. The minimum atomic E-state index is 0.199. The van der Waals surface area contributed by atoms with Crippen LogP contribution in [0.1, 0.15) is 5.56 Å². The Labute approximate surface area is 111 Å². The van der Waals surface area contributed by atoms with Gasteiger partial charge >= 0.3 is 0 Å². The number of aromatic hydroxyl groups is 1. The second-order valence-corrected chi connectivity index (χ2v) is 4.27. The molecule has 1 heterocycles. The molecule has 0 aliphatic heterocycles. The summed E-state index contributed by atoms with van der Waals surface area (Å²) in [5, 5.41) is 10.0. The fourth-order valence-electron chi connectivity index (χ4n) is 1.69. The maximum atomic E-state index is 9.48. The zero-order valence-electron chi connectivity index (χ0n) is 9.97. The number of hydrogen-bond donors (Lipinski definition) is 2. The van der Waals surface area contributed by atoms with E-state index in [1.807, 2.05) is 13.1 Å². The average Bonchev–Trinajstić information content (AvgIpc) is 2.38. The van der Waals surface area contributed by atoms with Gasteiger partial charge in [-0.1, -0.05) is 17.7 Å². The summed E-state index contributed by atoms with van der Waals surface area (Å²) in [6.07, 6.45) is 1.67. The lowest BCUT2D eigenvalue weighted by atomic mass is 10.2. The molecule has 2 rings (SSSR count). The summed E-state index contributed by atoms with van der Waals surface area (Å²) in [4.78, 5) is 6.06. The van der Waals surface area contributed by atoms with E-state index in [0.717, 1.165) is 11.3 Å².